The highest BCUT2D eigenvalue weighted by atomic mass is 79.9. The van der Waals surface area contributed by atoms with E-state index in [1.54, 1.807) is 73.7 Å². The molecule has 3 aromatic carbocycles. The summed E-state index contributed by atoms with van der Waals surface area (Å²) in [4.78, 5) is 27.9. The molecule has 0 radical (unpaired) electrons. The Kier molecular flexibility index (Phi) is 9.53. The topological polar surface area (TPSA) is 86.8 Å². The van der Waals surface area contributed by atoms with E-state index in [9.17, 15) is 18.0 Å². The molecule has 3 rings (SSSR count). The zero-order chi connectivity index (χ0) is 26.3. The van der Waals surface area contributed by atoms with Crippen molar-refractivity contribution in [1.29, 1.82) is 0 Å². The summed E-state index contributed by atoms with van der Waals surface area (Å²) in [5, 5.41) is 3.15. The van der Waals surface area contributed by atoms with Gasteiger partial charge in [-0.3, -0.25) is 13.9 Å². The van der Waals surface area contributed by atoms with Gasteiger partial charge in [-0.2, -0.15) is 0 Å². The number of carbonyl (C=O) groups excluding carboxylic acids is 2. The third-order valence-corrected chi connectivity index (χ3v) is 8.19. The molecule has 0 fully saturated rings. The minimum Gasteiger partial charge on any atom is -0.357 e. The normalized spacial score (nSPS) is 12.0. The Morgan fingerprint density at radius 2 is 1.58 bits per heavy atom. The Labute approximate surface area is 225 Å². The second-order valence-electron chi connectivity index (χ2n) is 7.99. The van der Waals surface area contributed by atoms with Crippen LogP contribution in [0, 0.1) is 0 Å². The van der Waals surface area contributed by atoms with Gasteiger partial charge in [0, 0.05) is 23.1 Å². The number of hydrogen-bond donors (Lipinski definition) is 1. The molecule has 190 valence electrons. The Bertz CT molecular complexity index is 1290. The van der Waals surface area contributed by atoms with Gasteiger partial charge in [-0.05, 0) is 60.5 Å². The van der Waals surface area contributed by atoms with Crippen LogP contribution in [-0.2, 0) is 26.2 Å². The summed E-state index contributed by atoms with van der Waals surface area (Å²) >= 11 is 9.37. The summed E-state index contributed by atoms with van der Waals surface area (Å²) in [5.74, 6) is -0.844. The second kappa shape index (κ2) is 12.4. The van der Waals surface area contributed by atoms with Gasteiger partial charge in [0.15, 0.2) is 0 Å². The molecule has 7 nitrogen and oxygen atoms in total. The van der Waals surface area contributed by atoms with Gasteiger partial charge in [0.05, 0.1) is 10.6 Å². The monoisotopic (exact) mass is 591 g/mol. The van der Waals surface area contributed by atoms with Crippen molar-refractivity contribution in [3.05, 3.63) is 93.9 Å². The Morgan fingerprint density at radius 1 is 0.972 bits per heavy atom. The van der Waals surface area contributed by atoms with Crippen LogP contribution in [0.4, 0.5) is 5.69 Å². The first-order chi connectivity index (χ1) is 17.2. The molecular formula is C26H27BrClN3O4S. The standard InChI is InChI=1S/C26H27BrClN3O4S/c1-3-24(26(33)29-2)30(17-19-9-13-21(28)14-10-19)25(32)18-31(22-15-11-20(27)12-16-22)36(34,35)23-7-5-4-6-8-23/h4-16,24H,3,17-18H2,1-2H3,(H,29,33)/t24-/m1/s1. The number of sulfonamides is 1. The van der Waals surface area contributed by atoms with E-state index < -0.39 is 28.5 Å². The minimum atomic E-state index is -4.08. The van der Waals surface area contributed by atoms with Crippen molar-refractivity contribution in [2.75, 3.05) is 17.9 Å². The maximum atomic E-state index is 13.8. The molecule has 0 aliphatic rings. The lowest BCUT2D eigenvalue weighted by Crippen LogP contribution is -2.51. The second-order valence-corrected chi connectivity index (χ2v) is 11.2. The molecule has 1 atom stereocenters. The van der Waals surface area contributed by atoms with Gasteiger partial charge in [-0.15, -0.1) is 0 Å². The number of benzene rings is 3. The fourth-order valence-electron chi connectivity index (χ4n) is 3.73. The quantitative estimate of drug-likeness (QED) is 0.365. The van der Waals surface area contributed by atoms with E-state index in [0.717, 1.165) is 14.3 Å². The third-order valence-electron chi connectivity index (χ3n) is 5.62. The number of likely N-dealkylation sites (N-methyl/N-ethyl adjacent to an activating group) is 1. The van der Waals surface area contributed by atoms with Crippen molar-refractivity contribution in [2.24, 2.45) is 0 Å². The highest BCUT2D eigenvalue weighted by Crippen LogP contribution is 2.26. The van der Waals surface area contributed by atoms with Crippen LogP contribution in [0.25, 0.3) is 0 Å². The molecule has 0 heterocycles. The zero-order valence-electron chi connectivity index (χ0n) is 19.9. The maximum absolute atomic E-state index is 13.8. The predicted molar refractivity (Wildman–Crippen MR) is 145 cm³/mol. The molecule has 0 unspecified atom stereocenters. The minimum absolute atomic E-state index is 0.0586. The summed E-state index contributed by atoms with van der Waals surface area (Å²) in [6.07, 6.45) is 0.350. The van der Waals surface area contributed by atoms with Crippen LogP contribution in [0.15, 0.2) is 88.2 Å². The Morgan fingerprint density at radius 3 is 2.14 bits per heavy atom. The van der Waals surface area contributed by atoms with Crippen molar-refractivity contribution >= 4 is 55.1 Å². The summed E-state index contributed by atoms with van der Waals surface area (Å²) in [6, 6.07) is 20.8. The largest absolute Gasteiger partial charge is 0.357 e. The number of anilines is 1. The van der Waals surface area contributed by atoms with E-state index >= 15 is 0 Å². The van der Waals surface area contributed by atoms with Gasteiger partial charge in [-0.1, -0.05) is 64.8 Å². The van der Waals surface area contributed by atoms with Gasteiger partial charge >= 0.3 is 0 Å². The predicted octanol–water partition coefficient (Wildman–Crippen LogP) is 4.85. The molecule has 0 saturated heterocycles. The number of halogens is 2. The number of carbonyl (C=O) groups is 2. The van der Waals surface area contributed by atoms with Gasteiger partial charge in [0.25, 0.3) is 10.0 Å². The number of rotatable bonds is 10. The van der Waals surface area contributed by atoms with E-state index in [-0.39, 0.29) is 17.3 Å². The van der Waals surface area contributed by atoms with Crippen LogP contribution >= 0.6 is 27.5 Å². The molecule has 2 amide bonds. The summed E-state index contributed by atoms with van der Waals surface area (Å²) < 4.78 is 29.1. The van der Waals surface area contributed by atoms with E-state index in [1.807, 2.05) is 0 Å². The van der Waals surface area contributed by atoms with Crippen LogP contribution in [0.2, 0.25) is 5.02 Å². The first-order valence-corrected chi connectivity index (χ1v) is 13.9. The lowest BCUT2D eigenvalue weighted by Gasteiger charge is -2.33. The molecule has 0 spiro atoms. The van der Waals surface area contributed by atoms with Crippen LogP contribution in [0.5, 0.6) is 0 Å². The molecule has 1 N–H and O–H groups in total. The molecular weight excluding hydrogens is 566 g/mol. The molecule has 0 aliphatic heterocycles. The van der Waals surface area contributed by atoms with Gasteiger partial charge in [0.1, 0.15) is 12.6 Å². The van der Waals surface area contributed by atoms with Crippen molar-refractivity contribution in [3.63, 3.8) is 0 Å². The van der Waals surface area contributed by atoms with E-state index in [4.69, 9.17) is 11.6 Å². The molecule has 0 saturated carbocycles. The highest BCUT2D eigenvalue weighted by molar-refractivity contribution is 9.10. The fourth-order valence-corrected chi connectivity index (χ4v) is 5.55. The highest BCUT2D eigenvalue weighted by Gasteiger charge is 2.33. The average Bonchev–Trinajstić information content (AvgIpc) is 2.89. The van der Waals surface area contributed by atoms with Crippen LogP contribution in [-0.4, -0.2) is 44.8 Å². The van der Waals surface area contributed by atoms with Gasteiger partial charge in [0.2, 0.25) is 11.8 Å². The molecule has 10 heteroatoms. The van der Waals surface area contributed by atoms with E-state index in [1.165, 1.54) is 24.1 Å². The van der Waals surface area contributed by atoms with Crippen LogP contribution in [0.1, 0.15) is 18.9 Å². The zero-order valence-corrected chi connectivity index (χ0v) is 23.1. The van der Waals surface area contributed by atoms with Crippen molar-refractivity contribution in [3.8, 4) is 0 Å². The first-order valence-electron chi connectivity index (χ1n) is 11.3. The lowest BCUT2D eigenvalue weighted by atomic mass is 10.1. The van der Waals surface area contributed by atoms with Gasteiger partial charge < -0.3 is 10.2 Å². The number of hydrogen-bond acceptors (Lipinski definition) is 4. The summed E-state index contributed by atoms with van der Waals surface area (Å²) in [5.41, 5.74) is 1.09. The van der Waals surface area contributed by atoms with Crippen molar-refractivity contribution in [2.45, 2.75) is 30.8 Å². The molecule has 0 aromatic heterocycles. The van der Waals surface area contributed by atoms with Gasteiger partial charge in [-0.25, -0.2) is 8.42 Å². The number of amides is 2. The molecule has 36 heavy (non-hydrogen) atoms. The summed E-state index contributed by atoms with van der Waals surface area (Å²) in [7, 11) is -2.58. The number of nitrogens with one attached hydrogen (secondary N) is 1. The SMILES string of the molecule is CC[C@H](C(=O)NC)N(Cc1ccc(Cl)cc1)C(=O)CN(c1ccc(Br)cc1)S(=O)(=O)c1ccccc1. The average molecular weight is 593 g/mol. The smallest absolute Gasteiger partial charge is 0.264 e. The van der Waals surface area contributed by atoms with E-state index in [0.29, 0.717) is 17.1 Å². The molecule has 0 aliphatic carbocycles. The van der Waals surface area contributed by atoms with Crippen LogP contribution < -0.4 is 9.62 Å². The first kappa shape index (κ1) is 27.7. The van der Waals surface area contributed by atoms with Crippen molar-refractivity contribution in [1.82, 2.24) is 10.2 Å². The summed E-state index contributed by atoms with van der Waals surface area (Å²) in [6.45, 7) is 1.43. The molecule has 3 aromatic rings. The Balaban J connectivity index is 2.03. The van der Waals surface area contributed by atoms with E-state index in [2.05, 4.69) is 21.2 Å². The maximum Gasteiger partial charge on any atom is 0.264 e. The third kappa shape index (κ3) is 6.66. The molecule has 0 bridgehead atoms. The Hall–Kier alpha value is -2.88. The van der Waals surface area contributed by atoms with Crippen LogP contribution in [0.3, 0.4) is 0 Å². The fraction of sp³-hybridized carbons (Fsp3) is 0.231. The lowest BCUT2D eigenvalue weighted by molar-refractivity contribution is -0.140. The van der Waals surface area contributed by atoms with Crippen molar-refractivity contribution < 1.29 is 18.0 Å². The number of nitrogens with zero attached hydrogens (tertiary/aromatic N) is 2.